The van der Waals surface area contributed by atoms with E-state index < -0.39 is 10.0 Å². The minimum absolute atomic E-state index is 0.332. The van der Waals surface area contributed by atoms with Crippen LogP contribution in [-0.4, -0.2) is 39.2 Å². The molecule has 0 radical (unpaired) electrons. The van der Waals surface area contributed by atoms with Crippen LogP contribution < -0.4 is 16.2 Å². The summed E-state index contributed by atoms with van der Waals surface area (Å²) in [6.07, 6.45) is 4.24. The van der Waals surface area contributed by atoms with E-state index >= 15 is 0 Å². The lowest BCUT2D eigenvalue weighted by molar-refractivity contribution is 0.607. The zero-order chi connectivity index (χ0) is 23.2. The molecule has 33 heavy (non-hydrogen) atoms. The van der Waals surface area contributed by atoms with Crippen LogP contribution in [0.2, 0.25) is 0 Å². The van der Waals surface area contributed by atoms with Crippen molar-refractivity contribution in [1.82, 2.24) is 24.5 Å². The highest BCUT2D eigenvalue weighted by Gasteiger charge is 2.14. The molecule has 5 rings (SSSR count). The van der Waals surface area contributed by atoms with E-state index in [1.807, 2.05) is 28.8 Å². The highest BCUT2D eigenvalue weighted by Crippen LogP contribution is 2.31. The van der Waals surface area contributed by atoms with Crippen molar-refractivity contribution in [3.05, 3.63) is 66.4 Å². The molecule has 0 aliphatic rings. The number of nitrogen functional groups attached to an aromatic ring is 1. The molecular weight excluding hydrogens is 440 g/mol. The number of sulfonamides is 1. The van der Waals surface area contributed by atoms with Crippen molar-refractivity contribution in [3.8, 4) is 11.1 Å². The van der Waals surface area contributed by atoms with Crippen molar-refractivity contribution in [1.29, 1.82) is 0 Å². The number of nitrogens with two attached hydrogens (primary N) is 2. The summed E-state index contributed by atoms with van der Waals surface area (Å²) in [6.45, 7) is 0.873. The fourth-order valence-corrected chi connectivity index (χ4v) is 4.51. The number of anilines is 2. The molecule has 168 valence electrons. The lowest BCUT2D eigenvalue weighted by Crippen LogP contribution is -2.09. The maximum atomic E-state index is 11.7. The Labute approximate surface area is 189 Å². The summed E-state index contributed by atoms with van der Waals surface area (Å²) in [7, 11) is -3.38. The second-order valence-electron chi connectivity index (χ2n) is 7.86. The van der Waals surface area contributed by atoms with Gasteiger partial charge in [-0.05, 0) is 47.0 Å². The SMILES string of the molecule is CS(=O)(=O)Nc1cccc(-c2cc(Cn3cnc4c(N)ncnc43)c3[nH]c(CN)cc3c2)c1. The number of aromatic nitrogens is 5. The molecule has 3 heterocycles. The molecule has 6 N–H and O–H groups in total. The molecule has 3 aromatic heterocycles. The largest absolute Gasteiger partial charge is 0.382 e. The van der Waals surface area contributed by atoms with Crippen molar-refractivity contribution in [2.75, 3.05) is 16.7 Å². The summed E-state index contributed by atoms with van der Waals surface area (Å²) < 4.78 is 27.8. The first-order valence-corrected chi connectivity index (χ1v) is 12.0. The van der Waals surface area contributed by atoms with Gasteiger partial charge in [0.25, 0.3) is 0 Å². The molecule has 0 fully saturated rings. The number of rotatable bonds is 6. The van der Waals surface area contributed by atoms with Crippen LogP contribution in [-0.2, 0) is 23.1 Å². The van der Waals surface area contributed by atoms with Gasteiger partial charge in [-0.3, -0.25) is 4.72 Å². The lowest BCUT2D eigenvalue weighted by atomic mass is 10.00. The monoisotopic (exact) mass is 462 g/mol. The fourth-order valence-electron chi connectivity index (χ4n) is 3.95. The van der Waals surface area contributed by atoms with E-state index in [1.54, 1.807) is 12.4 Å². The van der Waals surface area contributed by atoms with Gasteiger partial charge in [-0.25, -0.2) is 23.4 Å². The Morgan fingerprint density at radius 1 is 1.09 bits per heavy atom. The van der Waals surface area contributed by atoms with E-state index in [0.29, 0.717) is 35.8 Å². The van der Waals surface area contributed by atoms with Crippen molar-refractivity contribution in [2.24, 2.45) is 5.73 Å². The first-order valence-electron chi connectivity index (χ1n) is 10.1. The van der Waals surface area contributed by atoms with Gasteiger partial charge in [0, 0.05) is 23.3 Å². The number of imidazole rings is 1. The molecule has 2 aromatic carbocycles. The average Bonchev–Trinajstić information content (AvgIpc) is 3.38. The maximum Gasteiger partial charge on any atom is 0.229 e. The summed E-state index contributed by atoms with van der Waals surface area (Å²) >= 11 is 0. The van der Waals surface area contributed by atoms with Gasteiger partial charge in [0.1, 0.15) is 11.8 Å². The van der Waals surface area contributed by atoms with Gasteiger partial charge in [-0.1, -0.05) is 12.1 Å². The smallest absolute Gasteiger partial charge is 0.229 e. The standard InChI is InChI=1S/C22H22N8O2S/c1-33(31,32)29-17-4-2-3-13(7-17)14-5-15-8-18(9-23)28-19(15)16(6-14)10-30-12-27-20-21(24)25-11-26-22(20)30/h2-8,11-12,28-29H,9-10,23H2,1H3,(H2,24,25,26). The van der Waals surface area contributed by atoms with Gasteiger partial charge in [0.15, 0.2) is 11.5 Å². The zero-order valence-corrected chi connectivity index (χ0v) is 18.6. The van der Waals surface area contributed by atoms with E-state index in [2.05, 4.69) is 36.8 Å². The Hall–Kier alpha value is -3.96. The third-order valence-corrected chi connectivity index (χ3v) is 5.96. The molecule has 0 aliphatic carbocycles. The number of fused-ring (bicyclic) bond motifs is 2. The minimum atomic E-state index is -3.38. The van der Waals surface area contributed by atoms with Gasteiger partial charge in [0.2, 0.25) is 10.0 Å². The Balaban J connectivity index is 1.63. The molecular formula is C22H22N8O2S. The molecule has 0 unspecified atom stereocenters. The number of hydrogen-bond acceptors (Lipinski definition) is 7. The quantitative estimate of drug-likeness (QED) is 0.302. The summed E-state index contributed by atoms with van der Waals surface area (Å²) in [5, 5.41) is 1.00. The summed E-state index contributed by atoms with van der Waals surface area (Å²) in [5.41, 5.74) is 18.2. The van der Waals surface area contributed by atoms with Crippen molar-refractivity contribution < 1.29 is 8.42 Å². The molecule has 0 saturated heterocycles. The molecule has 0 amide bonds. The summed E-state index contributed by atoms with van der Waals surface area (Å²) in [6, 6.07) is 13.4. The molecule has 0 bridgehead atoms. The van der Waals surface area contributed by atoms with Gasteiger partial charge in [-0.2, -0.15) is 0 Å². The van der Waals surface area contributed by atoms with Crippen LogP contribution >= 0.6 is 0 Å². The Kier molecular flexibility index (Phi) is 4.99. The van der Waals surface area contributed by atoms with Crippen LogP contribution in [0.5, 0.6) is 0 Å². The first kappa shape index (κ1) is 20.9. The number of nitrogens with one attached hydrogen (secondary N) is 2. The molecule has 0 saturated carbocycles. The van der Waals surface area contributed by atoms with Crippen molar-refractivity contribution >= 4 is 43.6 Å². The van der Waals surface area contributed by atoms with Crippen LogP contribution in [0.25, 0.3) is 33.2 Å². The average molecular weight is 463 g/mol. The molecule has 0 aliphatic heterocycles. The lowest BCUT2D eigenvalue weighted by Gasteiger charge is -2.11. The number of hydrogen-bond donors (Lipinski definition) is 4. The van der Waals surface area contributed by atoms with Crippen LogP contribution in [0, 0.1) is 0 Å². The molecule has 0 spiro atoms. The van der Waals surface area contributed by atoms with Crippen molar-refractivity contribution in [3.63, 3.8) is 0 Å². The Morgan fingerprint density at radius 2 is 1.94 bits per heavy atom. The predicted octanol–water partition coefficient (Wildman–Crippen LogP) is 2.44. The molecule has 5 aromatic rings. The summed E-state index contributed by atoms with van der Waals surface area (Å²) in [5.74, 6) is 0.332. The van der Waals surface area contributed by atoms with E-state index in [0.717, 1.165) is 39.5 Å². The molecule has 11 heteroatoms. The Bertz CT molecular complexity index is 1600. The number of benzene rings is 2. The Morgan fingerprint density at radius 3 is 2.73 bits per heavy atom. The van der Waals surface area contributed by atoms with Gasteiger partial charge in [-0.15, -0.1) is 0 Å². The van der Waals surface area contributed by atoms with E-state index in [1.165, 1.54) is 6.33 Å². The van der Waals surface area contributed by atoms with E-state index in [9.17, 15) is 8.42 Å². The third kappa shape index (κ3) is 4.11. The highest BCUT2D eigenvalue weighted by atomic mass is 32.2. The van der Waals surface area contributed by atoms with Crippen LogP contribution in [0.4, 0.5) is 11.5 Å². The third-order valence-electron chi connectivity index (χ3n) is 5.36. The molecule has 0 atom stereocenters. The van der Waals surface area contributed by atoms with Gasteiger partial charge in [0.05, 0.1) is 24.6 Å². The number of nitrogens with zero attached hydrogens (tertiary/aromatic N) is 4. The number of aromatic amines is 1. The maximum absolute atomic E-state index is 11.7. The highest BCUT2D eigenvalue weighted by molar-refractivity contribution is 7.92. The minimum Gasteiger partial charge on any atom is -0.382 e. The van der Waals surface area contributed by atoms with Gasteiger partial charge >= 0.3 is 0 Å². The van der Waals surface area contributed by atoms with E-state index in [4.69, 9.17) is 11.5 Å². The first-order chi connectivity index (χ1) is 15.8. The topological polar surface area (TPSA) is 158 Å². The fraction of sp³-hybridized carbons (Fsp3) is 0.136. The van der Waals surface area contributed by atoms with Crippen molar-refractivity contribution in [2.45, 2.75) is 13.1 Å². The summed E-state index contributed by atoms with van der Waals surface area (Å²) in [4.78, 5) is 16.1. The predicted molar refractivity (Wildman–Crippen MR) is 129 cm³/mol. The zero-order valence-electron chi connectivity index (χ0n) is 17.8. The van der Waals surface area contributed by atoms with Crippen LogP contribution in [0.3, 0.4) is 0 Å². The number of H-pyrrole nitrogens is 1. The second-order valence-corrected chi connectivity index (χ2v) is 9.61. The van der Waals surface area contributed by atoms with E-state index in [-0.39, 0.29) is 0 Å². The van der Waals surface area contributed by atoms with Crippen LogP contribution in [0.15, 0.2) is 55.1 Å². The van der Waals surface area contributed by atoms with Crippen LogP contribution in [0.1, 0.15) is 11.3 Å². The van der Waals surface area contributed by atoms with Gasteiger partial charge < -0.3 is 21.0 Å². The molecule has 10 nitrogen and oxygen atoms in total. The second kappa shape index (κ2) is 7.87. The normalized spacial score (nSPS) is 11.9.